The first-order valence-corrected chi connectivity index (χ1v) is 8.24. The molecule has 23 heavy (non-hydrogen) atoms. The third-order valence-corrected chi connectivity index (χ3v) is 4.63. The quantitative estimate of drug-likeness (QED) is 0.356. The minimum absolute atomic E-state index is 0.0598. The highest BCUT2D eigenvalue weighted by Crippen LogP contribution is 2.25. The molecule has 0 aliphatic carbocycles. The van der Waals surface area contributed by atoms with E-state index in [4.69, 9.17) is 4.74 Å². The monoisotopic (exact) mass is 335 g/mol. The van der Waals surface area contributed by atoms with Crippen molar-refractivity contribution in [3.8, 4) is 0 Å². The molecule has 0 bridgehead atoms. The zero-order chi connectivity index (χ0) is 16.9. The van der Waals surface area contributed by atoms with E-state index in [1.165, 1.54) is 0 Å². The minimum Gasteiger partial charge on any atom is -0.427 e. The van der Waals surface area contributed by atoms with Crippen LogP contribution < -0.4 is 0 Å². The van der Waals surface area contributed by atoms with Gasteiger partial charge in [-0.2, -0.15) is 0 Å². The van der Waals surface area contributed by atoms with Crippen molar-refractivity contribution in [2.75, 3.05) is 26.3 Å². The lowest BCUT2D eigenvalue weighted by Gasteiger charge is -2.39. The molecule has 0 spiro atoms. The molecule has 1 aromatic rings. The molecular weight excluding hydrogens is 314 g/mol. The van der Waals surface area contributed by atoms with E-state index in [0.717, 1.165) is 36.0 Å². The molecule has 1 aliphatic rings. The first-order valence-electron chi connectivity index (χ1n) is 7.42. The second-order valence-corrected chi connectivity index (χ2v) is 6.66. The molecule has 5 nitrogen and oxygen atoms in total. The number of hydrogen-bond acceptors (Lipinski definition) is 6. The third kappa shape index (κ3) is 4.43. The summed E-state index contributed by atoms with van der Waals surface area (Å²) in [5, 5.41) is -0.451. The number of ether oxygens (including phenoxy) is 2. The molecule has 1 aliphatic heterocycles. The summed E-state index contributed by atoms with van der Waals surface area (Å²) in [6, 6.07) is 6.98. The van der Waals surface area contributed by atoms with E-state index in [1.54, 1.807) is 24.3 Å². The molecule has 0 N–H and O–H groups in total. The Morgan fingerprint density at radius 2 is 1.87 bits per heavy atom. The molecular formula is C17H21NO4S. The highest BCUT2D eigenvalue weighted by Gasteiger charge is 2.35. The molecule has 0 aromatic heterocycles. The molecule has 6 heteroatoms. The molecule has 0 amide bonds. The first kappa shape index (κ1) is 17.7. The van der Waals surface area contributed by atoms with E-state index in [1.807, 2.05) is 13.8 Å². The van der Waals surface area contributed by atoms with Crippen LogP contribution in [0.3, 0.4) is 0 Å². The van der Waals surface area contributed by atoms with Gasteiger partial charge in [0.1, 0.15) is 0 Å². The van der Waals surface area contributed by atoms with Gasteiger partial charge in [0.2, 0.25) is 0 Å². The van der Waals surface area contributed by atoms with Gasteiger partial charge in [0.05, 0.1) is 25.0 Å². The third-order valence-electron chi connectivity index (χ3n) is 3.85. The minimum atomic E-state index is -0.583. The summed E-state index contributed by atoms with van der Waals surface area (Å²) in [4.78, 5) is 27.1. The zero-order valence-electron chi connectivity index (χ0n) is 13.4. The average molecular weight is 335 g/mol. The van der Waals surface area contributed by atoms with Gasteiger partial charge in [-0.15, -0.1) is 0 Å². The van der Waals surface area contributed by atoms with E-state index >= 15 is 0 Å². The van der Waals surface area contributed by atoms with Crippen LogP contribution in [0.15, 0.2) is 42.0 Å². The van der Waals surface area contributed by atoms with Crippen LogP contribution in [0, 0.1) is 0 Å². The van der Waals surface area contributed by atoms with Crippen molar-refractivity contribution in [2.45, 2.75) is 24.3 Å². The van der Waals surface area contributed by atoms with Crippen LogP contribution in [0.2, 0.25) is 0 Å². The van der Waals surface area contributed by atoms with Crippen molar-refractivity contribution in [3.63, 3.8) is 0 Å². The Balaban J connectivity index is 2.07. The number of carbonyl (C=O) groups excluding carboxylic acids is 2. The summed E-state index contributed by atoms with van der Waals surface area (Å²) >= 11 is 0.954. The van der Waals surface area contributed by atoms with Crippen molar-refractivity contribution in [1.82, 2.24) is 4.90 Å². The Morgan fingerprint density at radius 1 is 1.26 bits per heavy atom. The normalized spacial score (nSPS) is 15.9. The highest BCUT2D eigenvalue weighted by molar-refractivity contribution is 8.13. The SMILES string of the molecule is C=COC(=O)Sc1ccc(C(=O)C(C)(C)N2CCOCC2)cc1. The first-order chi connectivity index (χ1) is 10.9. The van der Waals surface area contributed by atoms with Gasteiger partial charge < -0.3 is 9.47 Å². The Labute approximate surface area is 140 Å². The lowest BCUT2D eigenvalue weighted by Crippen LogP contribution is -2.54. The maximum atomic E-state index is 12.8. The molecule has 0 unspecified atom stereocenters. The number of nitrogens with zero attached hydrogens (tertiary/aromatic N) is 1. The summed E-state index contributed by atoms with van der Waals surface area (Å²) in [5.74, 6) is 0.0598. The number of hydrogen-bond donors (Lipinski definition) is 0. The number of thioether (sulfide) groups is 1. The molecule has 1 aromatic carbocycles. The fourth-order valence-electron chi connectivity index (χ4n) is 2.48. The van der Waals surface area contributed by atoms with Gasteiger partial charge in [0.15, 0.2) is 5.78 Å². The van der Waals surface area contributed by atoms with Gasteiger partial charge in [-0.05, 0) is 37.7 Å². The highest BCUT2D eigenvalue weighted by atomic mass is 32.2. The molecule has 1 fully saturated rings. The predicted octanol–water partition coefficient (Wildman–Crippen LogP) is 3.35. The Bertz CT molecular complexity index is 577. The van der Waals surface area contributed by atoms with Gasteiger partial charge in [0.25, 0.3) is 0 Å². The zero-order valence-corrected chi connectivity index (χ0v) is 14.2. The number of morpholine rings is 1. The largest absolute Gasteiger partial charge is 0.427 e. The number of rotatable bonds is 5. The van der Waals surface area contributed by atoms with Crippen molar-refractivity contribution in [2.24, 2.45) is 0 Å². The predicted molar refractivity (Wildman–Crippen MR) is 89.8 cm³/mol. The second kappa shape index (κ2) is 7.77. The topological polar surface area (TPSA) is 55.8 Å². The van der Waals surface area contributed by atoms with Crippen molar-refractivity contribution < 1.29 is 19.1 Å². The fourth-order valence-corrected chi connectivity index (χ4v) is 3.06. The summed E-state index contributed by atoms with van der Waals surface area (Å²) in [7, 11) is 0. The standard InChI is InChI=1S/C17H21NO4S/c1-4-22-16(20)23-14-7-5-13(6-8-14)15(19)17(2,3)18-9-11-21-12-10-18/h4-8H,1,9-12H2,2-3H3. The van der Waals surface area contributed by atoms with E-state index in [0.29, 0.717) is 18.8 Å². The number of benzene rings is 1. The van der Waals surface area contributed by atoms with Crippen LogP contribution in [-0.2, 0) is 9.47 Å². The van der Waals surface area contributed by atoms with Crippen molar-refractivity contribution >= 4 is 22.8 Å². The summed E-state index contributed by atoms with van der Waals surface area (Å²) < 4.78 is 10.0. The smallest absolute Gasteiger partial charge is 0.376 e. The van der Waals surface area contributed by atoms with Gasteiger partial charge in [-0.1, -0.05) is 18.7 Å². The van der Waals surface area contributed by atoms with Crippen LogP contribution in [0.5, 0.6) is 0 Å². The van der Waals surface area contributed by atoms with E-state index < -0.39 is 10.8 Å². The molecule has 0 radical (unpaired) electrons. The van der Waals surface area contributed by atoms with E-state index in [2.05, 4.69) is 16.2 Å². The average Bonchev–Trinajstić information content (AvgIpc) is 2.56. The molecule has 0 atom stereocenters. The number of Topliss-reactive ketones (excluding diaryl/α,β-unsaturated/α-hetero) is 1. The van der Waals surface area contributed by atoms with Gasteiger partial charge in [-0.3, -0.25) is 9.69 Å². The van der Waals surface area contributed by atoms with Crippen LogP contribution in [0.4, 0.5) is 4.79 Å². The summed E-state index contributed by atoms with van der Waals surface area (Å²) in [5.41, 5.74) is 0.0446. The van der Waals surface area contributed by atoms with Crippen LogP contribution in [0.1, 0.15) is 24.2 Å². The fraction of sp³-hybridized carbons (Fsp3) is 0.412. The molecule has 124 valence electrons. The summed E-state index contributed by atoms with van der Waals surface area (Å²) in [6.45, 7) is 10.0. The molecule has 1 heterocycles. The molecule has 1 saturated heterocycles. The number of carbonyl (C=O) groups is 2. The lowest BCUT2D eigenvalue weighted by molar-refractivity contribution is -0.00430. The molecule has 0 saturated carbocycles. The Hall–Kier alpha value is -1.63. The van der Waals surface area contributed by atoms with Gasteiger partial charge >= 0.3 is 5.30 Å². The van der Waals surface area contributed by atoms with Crippen LogP contribution >= 0.6 is 11.8 Å². The number of ketones is 1. The van der Waals surface area contributed by atoms with Gasteiger partial charge in [-0.25, -0.2) is 4.79 Å². The van der Waals surface area contributed by atoms with Crippen LogP contribution in [-0.4, -0.2) is 47.8 Å². The van der Waals surface area contributed by atoms with E-state index in [9.17, 15) is 9.59 Å². The van der Waals surface area contributed by atoms with Crippen molar-refractivity contribution in [1.29, 1.82) is 0 Å². The maximum absolute atomic E-state index is 12.8. The van der Waals surface area contributed by atoms with E-state index in [-0.39, 0.29) is 5.78 Å². The second-order valence-electron chi connectivity index (χ2n) is 5.65. The van der Waals surface area contributed by atoms with Crippen molar-refractivity contribution in [3.05, 3.63) is 42.7 Å². The maximum Gasteiger partial charge on any atom is 0.376 e. The van der Waals surface area contributed by atoms with Gasteiger partial charge in [0, 0.05) is 23.5 Å². The summed E-state index contributed by atoms with van der Waals surface area (Å²) in [6.07, 6.45) is 1.10. The molecule has 2 rings (SSSR count). The Morgan fingerprint density at radius 3 is 2.43 bits per heavy atom. The Kier molecular flexibility index (Phi) is 5.98. The van der Waals surface area contributed by atoms with Crippen LogP contribution in [0.25, 0.3) is 0 Å². The lowest BCUT2D eigenvalue weighted by atomic mass is 9.91.